The standard InChI is InChI=1S/C30H37ClN4O4/c1-18(2)26(24-16-25(34-39-24)30(3,4)5)29(38)35-15-7-9-23(35)28(37)33-22(17-36)20-12-10-19(11-13-20)21-8-6-14-32-27(21)31/h6,8,10-14,16,18,22-23,26,36H,7,9,15,17H2,1-5H3,(H,33,37)/t22-,23-,26+/m0/s1. The Morgan fingerprint density at radius 1 is 1.21 bits per heavy atom. The van der Waals surface area contributed by atoms with Crippen molar-refractivity contribution in [3.05, 3.63) is 70.8 Å². The van der Waals surface area contributed by atoms with Crippen molar-refractivity contribution in [2.24, 2.45) is 5.92 Å². The van der Waals surface area contributed by atoms with E-state index in [1.807, 2.05) is 77.1 Å². The van der Waals surface area contributed by atoms with Crippen LogP contribution in [0, 0.1) is 5.92 Å². The highest BCUT2D eigenvalue weighted by molar-refractivity contribution is 6.32. The summed E-state index contributed by atoms with van der Waals surface area (Å²) in [6.45, 7) is 10.3. The summed E-state index contributed by atoms with van der Waals surface area (Å²) in [4.78, 5) is 33.0. The monoisotopic (exact) mass is 552 g/mol. The molecule has 1 aromatic carbocycles. The Bertz CT molecular complexity index is 1300. The SMILES string of the molecule is CC(C)[C@@H](C(=O)N1CCC[C@H]1C(=O)N[C@@H](CO)c1ccc(-c2cccnc2Cl)cc1)c1cc(C(C)(C)C)no1. The van der Waals surface area contributed by atoms with E-state index in [9.17, 15) is 14.7 Å². The van der Waals surface area contributed by atoms with Crippen LogP contribution < -0.4 is 5.32 Å². The molecule has 0 aliphatic carbocycles. The summed E-state index contributed by atoms with van der Waals surface area (Å²) in [5.41, 5.74) is 3.02. The molecular formula is C30H37ClN4O4. The number of pyridine rings is 1. The van der Waals surface area contributed by atoms with Crippen molar-refractivity contribution in [2.45, 2.75) is 70.9 Å². The number of nitrogens with zero attached hydrogens (tertiary/aromatic N) is 3. The van der Waals surface area contributed by atoms with Crippen molar-refractivity contribution in [3.63, 3.8) is 0 Å². The van der Waals surface area contributed by atoms with Crippen molar-refractivity contribution in [3.8, 4) is 11.1 Å². The minimum atomic E-state index is -0.619. The summed E-state index contributed by atoms with van der Waals surface area (Å²) in [5, 5.41) is 17.7. The number of hydrogen-bond donors (Lipinski definition) is 2. The lowest BCUT2D eigenvalue weighted by molar-refractivity contribution is -0.141. The zero-order chi connectivity index (χ0) is 28.3. The van der Waals surface area contributed by atoms with Gasteiger partial charge in [0, 0.05) is 29.8 Å². The zero-order valence-corrected chi connectivity index (χ0v) is 23.9. The fourth-order valence-electron chi connectivity index (χ4n) is 5.01. The van der Waals surface area contributed by atoms with Gasteiger partial charge in [0.25, 0.3) is 0 Å². The van der Waals surface area contributed by atoms with Gasteiger partial charge >= 0.3 is 0 Å². The lowest BCUT2D eigenvalue weighted by Crippen LogP contribution is -2.49. The fourth-order valence-corrected chi connectivity index (χ4v) is 5.23. The van der Waals surface area contributed by atoms with Crippen molar-refractivity contribution < 1.29 is 19.2 Å². The molecule has 3 atom stereocenters. The van der Waals surface area contributed by atoms with Crippen LogP contribution in [0.1, 0.15) is 76.4 Å². The number of aliphatic hydroxyl groups excluding tert-OH is 1. The lowest BCUT2D eigenvalue weighted by Gasteiger charge is -2.30. The van der Waals surface area contributed by atoms with Gasteiger partial charge in [-0.25, -0.2) is 4.98 Å². The fraction of sp³-hybridized carbons (Fsp3) is 0.467. The smallest absolute Gasteiger partial charge is 0.243 e. The first-order chi connectivity index (χ1) is 18.5. The van der Waals surface area contributed by atoms with Crippen LogP contribution in [0.25, 0.3) is 11.1 Å². The van der Waals surface area contributed by atoms with Crippen LogP contribution in [-0.4, -0.2) is 51.2 Å². The second-order valence-electron chi connectivity index (χ2n) is 11.5. The van der Waals surface area contributed by atoms with Gasteiger partial charge in [0.05, 0.1) is 18.3 Å². The molecule has 39 heavy (non-hydrogen) atoms. The van der Waals surface area contributed by atoms with Gasteiger partial charge in [-0.05, 0) is 42.0 Å². The summed E-state index contributed by atoms with van der Waals surface area (Å²) in [6, 6.07) is 11.8. The van der Waals surface area contributed by atoms with Gasteiger partial charge in [-0.2, -0.15) is 0 Å². The van der Waals surface area contributed by atoms with E-state index in [2.05, 4.69) is 15.5 Å². The van der Waals surface area contributed by atoms with Crippen LogP contribution in [0.15, 0.2) is 53.2 Å². The molecular weight excluding hydrogens is 516 g/mol. The Morgan fingerprint density at radius 2 is 1.92 bits per heavy atom. The number of amides is 2. The van der Waals surface area contributed by atoms with E-state index in [4.69, 9.17) is 16.1 Å². The number of rotatable bonds is 8. The largest absolute Gasteiger partial charge is 0.394 e. The van der Waals surface area contributed by atoms with Crippen LogP contribution in [0.2, 0.25) is 5.15 Å². The van der Waals surface area contributed by atoms with E-state index in [1.165, 1.54) is 0 Å². The summed E-state index contributed by atoms with van der Waals surface area (Å²) < 4.78 is 5.64. The maximum absolute atomic E-state index is 13.8. The number of carbonyl (C=O) groups is 2. The van der Waals surface area contributed by atoms with Crippen molar-refractivity contribution in [1.29, 1.82) is 0 Å². The molecule has 4 rings (SSSR count). The summed E-state index contributed by atoms with van der Waals surface area (Å²) in [6.07, 6.45) is 2.91. The van der Waals surface area contributed by atoms with Crippen molar-refractivity contribution in [1.82, 2.24) is 20.4 Å². The van der Waals surface area contributed by atoms with E-state index < -0.39 is 18.0 Å². The molecule has 8 nitrogen and oxygen atoms in total. The molecule has 1 saturated heterocycles. The average molecular weight is 553 g/mol. The summed E-state index contributed by atoms with van der Waals surface area (Å²) in [7, 11) is 0. The summed E-state index contributed by atoms with van der Waals surface area (Å²) >= 11 is 6.22. The number of aromatic nitrogens is 2. The molecule has 1 aliphatic heterocycles. The Balaban J connectivity index is 1.49. The van der Waals surface area contributed by atoms with Gasteiger partial charge in [0.2, 0.25) is 11.8 Å². The zero-order valence-electron chi connectivity index (χ0n) is 23.1. The second-order valence-corrected chi connectivity index (χ2v) is 11.8. The third-order valence-electron chi connectivity index (χ3n) is 7.26. The van der Waals surface area contributed by atoms with Gasteiger partial charge < -0.3 is 19.8 Å². The van der Waals surface area contributed by atoms with Gasteiger partial charge in [-0.1, -0.05) is 75.6 Å². The van der Waals surface area contributed by atoms with E-state index in [-0.39, 0.29) is 29.8 Å². The predicted molar refractivity (Wildman–Crippen MR) is 150 cm³/mol. The number of nitrogens with one attached hydrogen (secondary N) is 1. The molecule has 0 bridgehead atoms. The average Bonchev–Trinajstić information content (AvgIpc) is 3.58. The van der Waals surface area contributed by atoms with E-state index in [0.717, 1.165) is 28.8 Å². The molecule has 1 fully saturated rings. The molecule has 3 aromatic rings. The maximum atomic E-state index is 13.8. The molecule has 0 radical (unpaired) electrons. The van der Waals surface area contributed by atoms with Crippen LogP contribution in [0.5, 0.6) is 0 Å². The number of hydrogen-bond acceptors (Lipinski definition) is 6. The van der Waals surface area contributed by atoms with Crippen LogP contribution >= 0.6 is 11.6 Å². The van der Waals surface area contributed by atoms with Gasteiger partial charge in [-0.15, -0.1) is 0 Å². The minimum absolute atomic E-state index is 0.0420. The quantitative estimate of drug-likeness (QED) is 0.369. The maximum Gasteiger partial charge on any atom is 0.243 e. The Morgan fingerprint density at radius 3 is 2.51 bits per heavy atom. The highest BCUT2D eigenvalue weighted by Gasteiger charge is 2.41. The molecule has 0 saturated carbocycles. The van der Waals surface area contributed by atoms with Crippen molar-refractivity contribution in [2.75, 3.05) is 13.2 Å². The molecule has 2 amide bonds. The van der Waals surface area contributed by atoms with Crippen molar-refractivity contribution >= 4 is 23.4 Å². The molecule has 9 heteroatoms. The van der Waals surface area contributed by atoms with E-state index in [1.54, 1.807) is 11.1 Å². The summed E-state index contributed by atoms with van der Waals surface area (Å²) in [5.74, 6) is -0.484. The Kier molecular flexibility index (Phi) is 8.76. The molecule has 1 aliphatic rings. The number of halogens is 1. The first kappa shape index (κ1) is 28.8. The van der Waals surface area contributed by atoms with E-state index in [0.29, 0.717) is 23.9 Å². The van der Waals surface area contributed by atoms with E-state index >= 15 is 0 Å². The predicted octanol–water partition coefficient (Wildman–Crippen LogP) is 5.27. The van der Waals surface area contributed by atoms with Crippen LogP contribution in [0.3, 0.4) is 0 Å². The normalized spacial score (nSPS) is 17.3. The lowest BCUT2D eigenvalue weighted by atomic mass is 9.88. The number of aliphatic hydroxyl groups is 1. The third kappa shape index (κ3) is 6.34. The van der Waals surface area contributed by atoms with Gasteiger partial charge in [-0.3, -0.25) is 9.59 Å². The van der Waals surface area contributed by atoms with Gasteiger partial charge in [0.15, 0.2) is 0 Å². The molecule has 0 unspecified atom stereocenters. The molecule has 2 aromatic heterocycles. The Labute approximate surface area is 234 Å². The highest BCUT2D eigenvalue weighted by atomic mass is 35.5. The first-order valence-electron chi connectivity index (χ1n) is 13.4. The topological polar surface area (TPSA) is 109 Å². The number of likely N-dealkylation sites (tertiary alicyclic amines) is 1. The number of carbonyl (C=O) groups excluding carboxylic acids is 2. The second kappa shape index (κ2) is 11.9. The number of benzene rings is 1. The van der Waals surface area contributed by atoms with Crippen LogP contribution in [0.4, 0.5) is 0 Å². The molecule has 3 heterocycles. The Hall–Kier alpha value is -3.23. The molecule has 2 N–H and O–H groups in total. The first-order valence-corrected chi connectivity index (χ1v) is 13.8. The van der Waals surface area contributed by atoms with Crippen LogP contribution in [-0.2, 0) is 15.0 Å². The van der Waals surface area contributed by atoms with Gasteiger partial charge in [0.1, 0.15) is 22.9 Å². The highest BCUT2D eigenvalue weighted by Crippen LogP contribution is 2.33. The molecule has 208 valence electrons. The third-order valence-corrected chi connectivity index (χ3v) is 7.56. The molecule has 0 spiro atoms. The minimum Gasteiger partial charge on any atom is -0.394 e.